The van der Waals surface area contributed by atoms with Gasteiger partial charge in [0.05, 0.1) is 42.2 Å². The number of ether oxygens (including phenoxy) is 6. The molecule has 8 nitrogen and oxygen atoms in total. The summed E-state index contributed by atoms with van der Waals surface area (Å²) in [4.78, 5) is 0. The van der Waals surface area contributed by atoms with Crippen molar-refractivity contribution >= 4 is 6.08 Å². The van der Waals surface area contributed by atoms with E-state index >= 15 is 0 Å². The van der Waals surface area contributed by atoms with Crippen molar-refractivity contribution in [1.29, 1.82) is 0 Å². The third kappa shape index (κ3) is 5.53. The quantitative estimate of drug-likeness (QED) is 0.557. The van der Waals surface area contributed by atoms with Crippen molar-refractivity contribution in [3.8, 4) is 34.5 Å². The van der Waals surface area contributed by atoms with Crippen LogP contribution in [-0.4, -0.2) is 58.5 Å². The maximum atomic E-state index is 11.0. The molecular weight excluding hydrogens is 404 g/mol. The van der Waals surface area contributed by atoms with Gasteiger partial charge in [-0.3, -0.25) is 0 Å². The van der Waals surface area contributed by atoms with Crippen LogP contribution in [0, 0.1) is 0 Å². The highest BCUT2D eigenvalue weighted by Crippen LogP contribution is 2.43. The molecule has 2 aromatic carbocycles. The zero-order valence-electron chi connectivity index (χ0n) is 18.7. The van der Waals surface area contributed by atoms with Crippen molar-refractivity contribution < 1.29 is 38.6 Å². The fraction of sp³-hybridized carbons (Fsp3) is 0.391. The normalized spacial score (nSPS) is 12.9. The number of aliphatic hydroxyl groups excluding tert-OH is 2. The average molecular weight is 434 g/mol. The van der Waals surface area contributed by atoms with Crippen molar-refractivity contribution in [3.05, 3.63) is 41.5 Å². The van der Waals surface area contributed by atoms with E-state index in [9.17, 15) is 5.11 Å². The van der Waals surface area contributed by atoms with E-state index in [1.54, 1.807) is 43.3 Å². The summed E-state index contributed by atoms with van der Waals surface area (Å²) in [7, 11) is 7.56. The average Bonchev–Trinajstić information content (AvgIpc) is 2.81. The van der Waals surface area contributed by atoms with E-state index in [1.807, 2.05) is 0 Å². The Labute approximate surface area is 182 Å². The number of rotatable bonds is 11. The van der Waals surface area contributed by atoms with Gasteiger partial charge < -0.3 is 38.6 Å². The van der Waals surface area contributed by atoms with E-state index in [2.05, 4.69) is 0 Å². The largest absolute Gasteiger partial charge is 0.493 e. The lowest BCUT2D eigenvalue weighted by atomic mass is 10.0. The highest BCUT2D eigenvalue weighted by atomic mass is 16.6. The zero-order valence-corrected chi connectivity index (χ0v) is 18.7. The van der Waals surface area contributed by atoms with Gasteiger partial charge in [-0.1, -0.05) is 12.2 Å². The molecule has 0 aliphatic rings. The van der Waals surface area contributed by atoms with Crippen LogP contribution in [0.5, 0.6) is 34.5 Å². The van der Waals surface area contributed by atoms with Gasteiger partial charge in [0.15, 0.2) is 23.0 Å². The van der Waals surface area contributed by atoms with Crippen LogP contribution in [0.25, 0.3) is 6.08 Å². The molecule has 0 heterocycles. The molecule has 2 atom stereocenters. The second kappa shape index (κ2) is 11.3. The molecule has 31 heavy (non-hydrogen) atoms. The Kier molecular flexibility index (Phi) is 8.84. The minimum Gasteiger partial charge on any atom is -0.493 e. The number of hydrogen-bond donors (Lipinski definition) is 2. The van der Waals surface area contributed by atoms with E-state index in [4.69, 9.17) is 33.5 Å². The van der Waals surface area contributed by atoms with Crippen LogP contribution < -0.4 is 28.4 Å². The Morgan fingerprint density at radius 2 is 1.26 bits per heavy atom. The first-order valence-electron chi connectivity index (χ1n) is 9.62. The maximum absolute atomic E-state index is 11.0. The smallest absolute Gasteiger partial charge is 0.203 e. The van der Waals surface area contributed by atoms with Gasteiger partial charge in [-0.15, -0.1) is 0 Å². The summed E-state index contributed by atoms with van der Waals surface area (Å²) in [5, 5.41) is 20.0. The lowest BCUT2D eigenvalue weighted by molar-refractivity contribution is 0.0431. The standard InChI is InChI=1S/C23H30O8/c1-14(21(25)16-12-19(28-4)22(30-6)20(13-16)29-5)31-23-17(26-2)10-15(8-7-9-24)11-18(23)27-3/h7-8,10-14,21,24-25H,9H2,1-6H3. The first kappa shape index (κ1) is 24.2. The highest BCUT2D eigenvalue weighted by molar-refractivity contribution is 5.62. The van der Waals surface area contributed by atoms with Gasteiger partial charge in [-0.05, 0) is 42.3 Å². The molecule has 0 fully saturated rings. The van der Waals surface area contributed by atoms with Gasteiger partial charge in [-0.25, -0.2) is 0 Å². The second-order valence-electron chi connectivity index (χ2n) is 6.57. The van der Waals surface area contributed by atoms with Crippen LogP contribution in [0.4, 0.5) is 0 Å². The topological polar surface area (TPSA) is 95.8 Å². The number of hydrogen-bond acceptors (Lipinski definition) is 8. The van der Waals surface area contributed by atoms with Crippen molar-refractivity contribution in [2.75, 3.05) is 42.2 Å². The third-order valence-corrected chi connectivity index (χ3v) is 4.68. The van der Waals surface area contributed by atoms with E-state index in [0.29, 0.717) is 40.1 Å². The molecular formula is C23H30O8. The fourth-order valence-corrected chi connectivity index (χ4v) is 3.09. The number of methoxy groups -OCH3 is 5. The molecule has 170 valence electrons. The van der Waals surface area contributed by atoms with Crippen LogP contribution >= 0.6 is 0 Å². The van der Waals surface area contributed by atoms with Gasteiger partial charge in [-0.2, -0.15) is 0 Å². The van der Waals surface area contributed by atoms with Crippen LogP contribution in [0.2, 0.25) is 0 Å². The molecule has 8 heteroatoms. The molecule has 0 amide bonds. The van der Waals surface area contributed by atoms with Gasteiger partial charge in [0.25, 0.3) is 0 Å². The van der Waals surface area contributed by atoms with Gasteiger partial charge in [0.1, 0.15) is 12.2 Å². The fourth-order valence-electron chi connectivity index (χ4n) is 3.09. The molecule has 2 N–H and O–H groups in total. The van der Waals surface area contributed by atoms with Crippen molar-refractivity contribution in [2.45, 2.75) is 19.1 Å². The molecule has 0 aromatic heterocycles. The second-order valence-corrected chi connectivity index (χ2v) is 6.57. The van der Waals surface area contributed by atoms with Gasteiger partial charge in [0.2, 0.25) is 11.5 Å². The Morgan fingerprint density at radius 1 is 0.774 bits per heavy atom. The van der Waals surface area contributed by atoms with E-state index in [1.165, 1.54) is 35.5 Å². The lowest BCUT2D eigenvalue weighted by Gasteiger charge is -2.24. The summed E-state index contributed by atoms with van der Waals surface area (Å²) in [6, 6.07) is 6.84. The minimum absolute atomic E-state index is 0.0824. The molecule has 2 unspecified atom stereocenters. The van der Waals surface area contributed by atoms with Crippen molar-refractivity contribution in [1.82, 2.24) is 0 Å². The van der Waals surface area contributed by atoms with E-state index in [-0.39, 0.29) is 6.61 Å². The predicted molar refractivity (Wildman–Crippen MR) is 117 cm³/mol. The summed E-state index contributed by atoms with van der Waals surface area (Å²) < 4.78 is 33.0. The zero-order chi connectivity index (χ0) is 23.0. The maximum Gasteiger partial charge on any atom is 0.203 e. The number of benzene rings is 2. The molecule has 0 spiro atoms. The lowest BCUT2D eigenvalue weighted by Crippen LogP contribution is -2.22. The van der Waals surface area contributed by atoms with Crippen LogP contribution in [-0.2, 0) is 0 Å². The van der Waals surface area contributed by atoms with Crippen LogP contribution in [0.1, 0.15) is 24.2 Å². The first-order chi connectivity index (χ1) is 14.9. The summed E-state index contributed by atoms with van der Waals surface area (Å²) in [5.74, 6) is 2.51. The minimum atomic E-state index is -1.02. The van der Waals surface area contributed by atoms with Crippen molar-refractivity contribution in [2.24, 2.45) is 0 Å². The molecule has 2 rings (SSSR count). The molecule has 2 aromatic rings. The Bertz CT molecular complexity index is 843. The molecule has 0 bridgehead atoms. The van der Waals surface area contributed by atoms with Crippen LogP contribution in [0.3, 0.4) is 0 Å². The molecule has 0 saturated carbocycles. The van der Waals surface area contributed by atoms with Crippen molar-refractivity contribution in [3.63, 3.8) is 0 Å². The summed E-state index contributed by atoms with van der Waals surface area (Å²) in [5.41, 5.74) is 1.30. The van der Waals surface area contributed by atoms with Crippen LogP contribution in [0.15, 0.2) is 30.3 Å². The third-order valence-electron chi connectivity index (χ3n) is 4.68. The monoisotopic (exact) mass is 434 g/mol. The predicted octanol–water partition coefficient (Wildman–Crippen LogP) is 3.24. The molecule has 0 radical (unpaired) electrons. The highest BCUT2D eigenvalue weighted by Gasteiger charge is 2.25. The van der Waals surface area contributed by atoms with E-state index < -0.39 is 12.2 Å². The Morgan fingerprint density at radius 3 is 1.68 bits per heavy atom. The first-order valence-corrected chi connectivity index (χ1v) is 9.62. The van der Waals surface area contributed by atoms with Gasteiger partial charge in [0, 0.05) is 0 Å². The summed E-state index contributed by atoms with van der Waals surface area (Å²) >= 11 is 0. The molecule has 0 aliphatic heterocycles. The Hall–Kier alpha value is -3.10. The SMILES string of the molecule is COc1cc(C(O)C(C)Oc2c(OC)cc(C=CCO)cc2OC)cc(OC)c1OC. The molecule has 0 aliphatic carbocycles. The Balaban J connectivity index is 2.38. The van der Waals surface area contributed by atoms with Gasteiger partial charge >= 0.3 is 0 Å². The summed E-state index contributed by atoms with van der Waals surface area (Å²) in [6.45, 7) is 1.65. The van der Waals surface area contributed by atoms with E-state index in [0.717, 1.165) is 5.56 Å². The number of aliphatic hydroxyl groups is 2. The molecule has 0 saturated heterocycles. The summed E-state index contributed by atoms with van der Waals surface area (Å²) in [6.07, 6.45) is 1.65.